The number of aryl methyl sites for hydroxylation is 1. The van der Waals surface area contributed by atoms with Crippen LogP contribution in [0.25, 0.3) is 33.3 Å². The quantitative estimate of drug-likeness (QED) is 0.286. The molecule has 1 unspecified atom stereocenters. The molecule has 0 fully saturated rings. The third-order valence-corrected chi connectivity index (χ3v) is 6.99. The number of pyridine rings is 1. The first-order valence-corrected chi connectivity index (χ1v) is 12.0. The molecule has 7 rings (SSSR count). The summed E-state index contributed by atoms with van der Waals surface area (Å²) in [5, 5.41) is 4.60. The van der Waals surface area contributed by atoms with Crippen molar-refractivity contribution in [1.82, 2.24) is 24.5 Å². The molecule has 186 valence electrons. The standard InChI is InChI=1S/C28H22N8O2/c1-35-14-30-13-25(35)23-12-18(17-4-2-3-5-19(17)31-23)27-32-22-10-15(26(29)37)6-9-24(22)36(27)16-7-8-20-21(11-16)34-28(38)33-20/h2-14,27,32H,1H3,(H2,29,37)(H2,33,34,38). The van der Waals surface area contributed by atoms with E-state index < -0.39 is 5.91 Å². The van der Waals surface area contributed by atoms with Gasteiger partial charge in [0, 0.05) is 29.2 Å². The summed E-state index contributed by atoms with van der Waals surface area (Å²) in [6.45, 7) is 0. The number of hydrogen-bond acceptors (Lipinski definition) is 6. The zero-order valence-electron chi connectivity index (χ0n) is 20.3. The topological polar surface area (TPSA) is 138 Å². The van der Waals surface area contributed by atoms with Crippen molar-refractivity contribution >= 4 is 44.9 Å². The third kappa shape index (κ3) is 3.34. The molecule has 0 spiro atoms. The van der Waals surface area contributed by atoms with Crippen LogP contribution in [0.1, 0.15) is 22.1 Å². The maximum Gasteiger partial charge on any atom is 0.323 e. The zero-order valence-corrected chi connectivity index (χ0v) is 20.3. The number of nitrogens with one attached hydrogen (secondary N) is 3. The van der Waals surface area contributed by atoms with Crippen molar-refractivity contribution in [2.24, 2.45) is 12.8 Å². The van der Waals surface area contributed by atoms with Crippen LogP contribution in [-0.2, 0) is 7.05 Å². The molecule has 0 aliphatic carbocycles. The van der Waals surface area contributed by atoms with Crippen molar-refractivity contribution in [3.05, 3.63) is 101 Å². The number of rotatable bonds is 4. The summed E-state index contributed by atoms with van der Waals surface area (Å²) < 4.78 is 1.94. The molecular formula is C28H22N8O2. The minimum absolute atomic E-state index is 0.263. The van der Waals surface area contributed by atoms with E-state index >= 15 is 0 Å². The molecule has 1 aliphatic rings. The van der Waals surface area contributed by atoms with Gasteiger partial charge < -0.3 is 30.5 Å². The Morgan fingerprint density at radius 3 is 2.66 bits per heavy atom. The van der Waals surface area contributed by atoms with Gasteiger partial charge in [0.05, 0.1) is 51.8 Å². The van der Waals surface area contributed by atoms with Crippen molar-refractivity contribution in [3.63, 3.8) is 0 Å². The number of primary amides is 1. The molecule has 0 bridgehead atoms. The SMILES string of the molecule is Cn1cncc1-c1cc(C2Nc3cc(C(N)=O)ccc3N2c2ccc3[nH]c(=O)[nH]c3c2)c2ccccc2n1. The van der Waals surface area contributed by atoms with Crippen LogP contribution in [-0.4, -0.2) is 30.4 Å². The summed E-state index contributed by atoms with van der Waals surface area (Å²) >= 11 is 0. The van der Waals surface area contributed by atoms with Crippen molar-refractivity contribution in [3.8, 4) is 11.4 Å². The van der Waals surface area contributed by atoms with E-state index in [1.54, 1.807) is 24.7 Å². The van der Waals surface area contributed by atoms with E-state index in [2.05, 4.69) is 37.3 Å². The van der Waals surface area contributed by atoms with Gasteiger partial charge in [0.25, 0.3) is 0 Å². The number of anilines is 3. The van der Waals surface area contributed by atoms with Crippen molar-refractivity contribution in [2.45, 2.75) is 6.17 Å². The molecule has 0 radical (unpaired) electrons. The maximum atomic E-state index is 12.0. The average molecular weight is 503 g/mol. The third-order valence-electron chi connectivity index (χ3n) is 6.99. The number of H-pyrrole nitrogens is 2. The lowest BCUT2D eigenvalue weighted by atomic mass is 10.0. The van der Waals surface area contributed by atoms with Gasteiger partial charge >= 0.3 is 5.69 Å². The minimum atomic E-state index is -0.497. The normalized spacial score (nSPS) is 14.7. The summed E-state index contributed by atoms with van der Waals surface area (Å²) in [7, 11) is 1.94. The first-order chi connectivity index (χ1) is 18.5. The fraction of sp³-hybridized carbons (Fsp3) is 0.0714. The Bertz CT molecular complexity index is 1950. The van der Waals surface area contributed by atoms with E-state index in [1.165, 1.54) is 0 Å². The van der Waals surface area contributed by atoms with Crippen LogP contribution in [0.15, 0.2) is 84.0 Å². The summed E-state index contributed by atoms with van der Waals surface area (Å²) in [6, 6.07) is 21.2. The van der Waals surface area contributed by atoms with E-state index in [4.69, 9.17) is 10.7 Å². The molecule has 10 heteroatoms. The number of nitrogens with zero attached hydrogens (tertiary/aromatic N) is 4. The van der Waals surface area contributed by atoms with Crippen molar-refractivity contribution in [2.75, 3.05) is 10.2 Å². The smallest absolute Gasteiger partial charge is 0.323 e. The summed E-state index contributed by atoms with van der Waals surface area (Å²) in [5.74, 6) is -0.497. The number of carbonyl (C=O) groups excluding carboxylic acids is 1. The van der Waals surface area contributed by atoms with E-state index in [0.717, 1.165) is 50.4 Å². The highest BCUT2D eigenvalue weighted by Gasteiger charge is 2.33. The fourth-order valence-corrected chi connectivity index (χ4v) is 5.21. The molecular weight excluding hydrogens is 480 g/mol. The number of aromatic amines is 2. The molecule has 4 heterocycles. The summed E-state index contributed by atoms with van der Waals surface area (Å²) in [5.41, 5.74) is 13.2. The Morgan fingerprint density at radius 1 is 1.00 bits per heavy atom. The Kier molecular flexibility index (Phi) is 4.64. The predicted molar refractivity (Wildman–Crippen MR) is 146 cm³/mol. The summed E-state index contributed by atoms with van der Waals surface area (Å²) in [6.07, 6.45) is 3.20. The molecule has 0 saturated carbocycles. The number of nitrogens with two attached hydrogens (primary N) is 1. The van der Waals surface area contributed by atoms with E-state index in [9.17, 15) is 9.59 Å². The lowest BCUT2D eigenvalue weighted by Gasteiger charge is -2.28. The largest absolute Gasteiger partial charge is 0.366 e. The number of benzene rings is 3. The molecule has 0 saturated heterocycles. The maximum absolute atomic E-state index is 12.0. The van der Waals surface area contributed by atoms with Gasteiger partial charge in [-0.05, 0) is 48.5 Å². The first-order valence-electron chi connectivity index (χ1n) is 12.0. The van der Waals surface area contributed by atoms with Crippen LogP contribution in [0.3, 0.4) is 0 Å². The lowest BCUT2D eigenvalue weighted by molar-refractivity contribution is 0.100. The monoisotopic (exact) mass is 502 g/mol. The highest BCUT2D eigenvalue weighted by molar-refractivity contribution is 5.98. The first kappa shape index (κ1) is 21.9. The molecule has 1 aliphatic heterocycles. The van der Waals surface area contributed by atoms with E-state index in [1.807, 2.05) is 54.1 Å². The Morgan fingerprint density at radius 2 is 1.84 bits per heavy atom. The van der Waals surface area contributed by atoms with Gasteiger partial charge in [0.1, 0.15) is 6.17 Å². The molecule has 1 atom stereocenters. The number of aromatic nitrogens is 5. The van der Waals surface area contributed by atoms with Gasteiger partial charge in [0.15, 0.2) is 0 Å². The molecule has 3 aromatic heterocycles. The predicted octanol–water partition coefficient (Wildman–Crippen LogP) is 4.17. The zero-order chi connectivity index (χ0) is 26.0. The Labute approximate surface area is 215 Å². The van der Waals surface area contributed by atoms with Gasteiger partial charge in [-0.1, -0.05) is 18.2 Å². The number of hydrogen-bond donors (Lipinski definition) is 4. The number of imidazole rings is 2. The number of amides is 1. The van der Waals surface area contributed by atoms with E-state index in [0.29, 0.717) is 11.1 Å². The Balaban J connectivity index is 1.47. The minimum Gasteiger partial charge on any atom is -0.366 e. The van der Waals surface area contributed by atoms with Crippen LogP contribution < -0.4 is 21.6 Å². The van der Waals surface area contributed by atoms with Gasteiger partial charge in [0.2, 0.25) is 5.91 Å². The van der Waals surface area contributed by atoms with Crippen LogP contribution in [0.2, 0.25) is 0 Å². The number of fused-ring (bicyclic) bond motifs is 3. The number of para-hydroxylation sites is 1. The molecule has 3 aromatic carbocycles. The van der Waals surface area contributed by atoms with Crippen LogP contribution in [0.4, 0.5) is 17.1 Å². The van der Waals surface area contributed by atoms with Crippen molar-refractivity contribution < 1.29 is 4.79 Å². The van der Waals surface area contributed by atoms with Gasteiger partial charge in [-0.25, -0.2) is 14.8 Å². The number of carbonyl (C=O) groups is 1. The van der Waals surface area contributed by atoms with Crippen LogP contribution in [0, 0.1) is 0 Å². The highest BCUT2D eigenvalue weighted by atomic mass is 16.1. The highest BCUT2D eigenvalue weighted by Crippen LogP contribution is 2.48. The molecule has 5 N–H and O–H groups in total. The van der Waals surface area contributed by atoms with Crippen molar-refractivity contribution in [1.29, 1.82) is 0 Å². The van der Waals surface area contributed by atoms with E-state index in [-0.39, 0.29) is 11.9 Å². The van der Waals surface area contributed by atoms with Crippen LogP contribution >= 0.6 is 0 Å². The second kappa shape index (κ2) is 8.07. The summed E-state index contributed by atoms with van der Waals surface area (Å²) in [4.78, 5) is 40.9. The average Bonchev–Trinajstić information content (AvgIpc) is 3.62. The molecule has 1 amide bonds. The van der Waals surface area contributed by atoms with Crippen LogP contribution in [0.5, 0.6) is 0 Å². The second-order valence-corrected chi connectivity index (χ2v) is 9.33. The van der Waals surface area contributed by atoms with Gasteiger partial charge in [-0.2, -0.15) is 0 Å². The molecule has 10 nitrogen and oxygen atoms in total. The fourth-order valence-electron chi connectivity index (χ4n) is 5.21. The molecule has 38 heavy (non-hydrogen) atoms. The molecule has 6 aromatic rings. The lowest BCUT2D eigenvalue weighted by Crippen LogP contribution is -2.24. The second-order valence-electron chi connectivity index (χ2n) is 9.33. The Hall–Kier alpha value is -5.38. The van der Waals surface area contributed by atoms with Gasteiger partial charge in [-0.15, -0.1) is 0 Å². The van der Waals surface area contributed by atoms with Gasteiger partial charge in [-0.3, -0.25) is 4.79 Å².